The second kappa shape index (κ2) is 12.3. The number of amides is 2. The maximum atomic E-state index is 12.5. The molecule has 0 bridgehead atoms. The smallest absolute Gasteiger partial charge is 0.410 e. The summed E-state index contributed by atoms with van der Waals surface area (Å²) >= 11 is 0. The largest absolute Gasteiger partial charge is 0.490 e. The van der Waals surface area contributed by atoms with E-state index in [1.165, 1.54) is 6.92 Å². The van der Waals surface area contributed by atoms with Crippen LogP contribution >= 0.6 is 0 Å². The standard InChI is InChI=1S/C26H38N4O7/c1-6-35-23(33)22(32)16-36-21-10-9-18-13-30(14-19(18)12-21)24(27-17(2)31)28-20-8-7-11-29(15-20)25(34)37-26(3,4)5/h9-10,12,20,22,32H,6-8,11,13-16H2,1-5H3,(H,27,28,31)/t20-,22-/m1/s1. The number of nitrogens with one attached hydrogen (secondary N) is 1. The fourth-order valence-electron chi connectivity index (χ4n) is 4.17. The number of carbonyl (C=O) groups is 3. The first-order valence-corrected chi connectivity index (χ1v) is 12.6. The molecule has 3 rings (SSSR count). The number of hydrogen-bond acceptors (Lipinski definition) is 8. The van der Waals surface area contributed by atoms with Crippen molar-refractivity contribution in [3.63, 3.8) is 0 Å². The number of rotatable bonds is 6. The quantitative estimate of drug-likeness (QED) is 0.333. The number of fused-ring (bicyclic) bond motifs is 1. The molecular formula is C26H38N4O7. The first kappa shape index (κ1) is 28.2. The third-order valence-corrected chi connectivity index (χ3v) is 5.81. The van der Waals surface area contributed by atoms with E-state index in [1.54, 1.807) is 17.9 Å². The predicted molar refractivity (Wildman–Crippen MR) is 136 cm³/mol. The minimum Gasteiger partial charge on any atom is -0.490 e. The summed E-state index contributed by atoms with van der Waals surface area (Å²) in [4.78, 5) is 44.6. The number of aliphatic imine (C=N–C) groups is 1. The lowest BCUT2D eigenvalue weighted by atomic mass is 10.1. The topological polar surface area (TPSA) is 130 Å². The van der Waals surface area contributed by atoms with Crippen molar-refractivity contribution in [1.29, 1.82) is 0 Å². The van der Waals surface area contributed by atoms with E-state index < -0.39 is 17.7 Å². The SMILES string of the molecule is CCOC(=O)[C@H](O)COc1ccc2c(c1)CN(C(=N[C@@H]1CCCN(C(=O)OC(C)(C)C)C1)NC(C)=O)C2. The summed E-state index contributed by atoms with van der Waals surface area (Å²) in [5, 5.41) is 12.7. The maximum Gasteiger partial charge on any atom is 0.410 e. The van der Waals surface area contributed by atoms with Gasteiger partial charge in [-0.1, -0.05) is 6.07 Å². The minimum absolute atomic E-state index is 0.171. The van der Waals surface area contributed by atoms with Gasteiger partial charge in [-0.15, -0.1) is 0 Å². The number of benzene rings is 1. The van der Waals surface area contributed by atoms with E-state index in [2.05, 4.69) is 5.32 Å². The van der Waals surface area contributed by atoms with Crippen LogP contribution in [0.3, 0.4) is 0 Å². The number of carbonyl (C=O) groups excluding carboxylic acids is 3. The molecule has 1 aromatic rings. The van der Waals surface area contributed by atoms with Gasteiger partial charge in [-0.05, 0) is 63.8 Å². The van der Waals surface area contributed by atoms with Crippen LogP contribution in [0.15, 0.2) is 23.2 Å². The molecule has 2 atom stereocenters. The summed E-state index contributed by atoms with van der Waals surface area (Å²) in [6.45, 7) is 10.7. The molecular weight excluding hydrogens is 480 g/mol. The first-order valence-electron chi connectivity index (χ1n) is 12.6. The van der Waals surface area contributed by atoms with Gasteiger partial charge in [-0.2, -0.15) is 0 Å². The second-order valence-corrected chi connectivity index (χ2v) is 10.2. The molecule has 2 aliphatic heterocycles. The number of nitrogens with zero attached hydrogens (tertiary/aromatic N) is 3. The lowest BCUT2D eigenvalue weighted by Crippen LogP contribution is -2.46. The highest BCUT2D eigenvalue weighted by atomic mass is 16.6. The third kappa shape index (κ3) is 8.34. The molecule has 0 unspecified atom stereocenters. The van der Waals surface area contributed by atoms with E-state index >= 15 is 0 Å². The number of likely N-dealkylation sites (tertiary alicyclic amines) is 1. The van der Waals surface area contributed by atoms with Crippen LogP contribution in [0.1, 0.15) is 58.6 Å². The van der Waals surface area contributed by atoms with Crippen molar-refractivity contribution in [2.24, 2.45) is 4.99 Å². The van der Waals surface area contributed by atoms with Gasteiger partial charge in [-0.25, -0.2) is 14.6 Å². The Labute approximate surface area is 217 Å². The monoisotopic (exact) mass is 518 g/mol. The Morgan fingerprint density at radius 1 is 1.19 bits per heavy atom. The van der Waals surface area contributed by atoms with E-state index in [1.807, 2.05) is 37.8 Å². The number of esters is 1. The van der Waals surface area contributed by atoms with Crippen molar-refractivity contribution < 1.29 is 33.7 Å². The molecule has 1 fully saturated rings. The van der Waals surface area contributed by atoms with Crippen molar-refractivity contribution >= 4 is 23.9 Å². The van der Waals surface area contributed by atoms with Gasteiger partial charge in [0.25, 0.3) is 0 Å². The van der Waals surface area contributed by atoms with Gasteiger partial charge in [-0.3, -0.25) is 10.1 Å². The number of piperidine rings is 1. The van der Waals surface area contributed by atoms with Gasteiger partial charge in [0.2, 0.25) is 11.9 Å². The fourth-order valence-corrected chi connectivity index (χ4v) is 4.17. The highest BCUT2D eigenvalue weighted by molar-refractivity contribution is 5.96. The van der Waals surface area contributed by atoms with Crippen LogP contribution in [0.2, 0.25) is 0 Å². The summed E-state index contributed by atoms with van der Waals surface area (Å²) in [5.41, 5.74) is 1.46. The van der Waals surface area contributed by atoms with Crippen LogP contribution in [0.5, 0.6) is 5.75 Å². The number of hydrogen-bond donors (Lipinski definition) is 2. The van der Waals surface area contributed by atoms with Crippen LogP contribution in [0.4, 0.5) is 4.79 Å². The van der Waals surface area contributed by atoms with Gasteiger partial charge >= 0.3 is 12.1 Å². The van der Waals surface area contributed by atoms with Gasteiger partial charge in [0.15, 0.2) is 6.10 Å². The van der Waals surface area contributed by atoms with Crippen LogP contribution in [-0.4, -0.2) is 82.9 Å². The van der Waals surface area contributed by atoms with Crippen molar-refractivity contribution in [3.8, 4) is 5.75 Å². The molecule has 1 aromatic carbocycles. The lowest BCUT2D eigenvalue weighted by molar-refractivity contribution is -0.154. The molecule has 2 N–H and O–H groups in total. The van der Waals surface area contributed by atoms with E-state index in [-0.39, 0.29) is 31.3 Å². The van der Waals surface area contributed by atoms with Crippen LogP contribution in [-0.2, 0) is 32.2 Å². The highest BCUT2D eigenvalue weighted by Gasteiger charge is 2.30. The molecule has 1 saturated heterocycles. The Bertz CT molecular complexity index is 1020. The molecule has 2 heterocycles. The zero-order chi connectivity index (χ0) is 27.2. The number of aliphatic hydroxyl groups is 1. The van der Waals surface area contributed by atoms with Gasteiger partial charge in [0.1, 0.15) is 18.0 Å². The zero-order valence-electron chi connectivity index (χ0n) is 22.3. The van der Waals surface area contributed by atoms with Crippen molar-refractivity contribution in [2.75, 3.05) is 26.3 Å². The van der Waals surface area contributed by atoms with Crippen molar-refractivity contribution in [2.45, 2.75) is 78.3 Å². The molecule has 0 radical (unpaired) electrons. The zero-order valence-corrected chi connectivity index (χ0v) is 22.3. The Hall–Kier alpha value is -3.34. The summed E-state index contributed by atoms with van der Waals surface area (Å²) in [6.07, 6.45) is -0.134. The third-order valence-electron chi connectivity index (χ3n) is 5.81. The molecule has 0 spiro atoms. The average Bonchev–Trinajstić information content (AvgIpc) is 3.24. The van der Waals surface area contributed by atoms with Crippen LogP contribution < -0.4 is 10.1 Å². The predicted octanol–water partition coefficient (Wildman–Crippen LogP) is 2.20. The van der Waals surface area contributed by atoms with Gasteiger partial charge < -0.3 is 29.1 Å². The number of ether oxygens (including phenoxy) is 3. The average molecular weight is 519 g/mol. The Morgan fingerprint density at radius 2 is 1.92 bits per heavy atom. The fraction of sp³-hybridized carbons (Fsp3) is 0.615. The molecule has 11 heteroatoms. The van der Waals surface area contributed by atoms with E-state index in [0.717, 1.165) is 24.0 Å². The molecule has 204 valence electrons. The molecule has 11 nitrogen and oxygen atoms in total. The molecule has 2 aliphatic rings. The Balaban J connectivity index is 1.67. The highest BCUT2D eigenvalue weighted by Crippen LogP contribution is 2.27. The van der Waals surface area contributed by atoms with E-state index in [0.29, 0.717) is 37.9 Å². The summed E-state index contributed by atoms with van der Waals surface area (Å²) in [6, 6.07) is 5.37. The molecule has 0 saturated carbocycles. The van der Waals surface area contributed by atoms with Gasteiger partial charge in [0, 0.05) is 33.1 Å². The molecule has 0 aromatic heterocycles. The Kier molecular flexibility index (Phi) is 9.36. The summed E-state index contributed by atoms with van der Waals surface area (Å²) < 4.78 is 15.9. The van der Waals surface area contributed by atoms with Crippen molar-refractivity contribution in [3.05, 3.63) is 29.3 Å². The lowest BCUT2D eigenvalue weighted by Gasteiger charge is -2.33. The summed E-state index contributed by atoms with van der Waals surface area (Å²) in [5.74, 6) is 0.0209. The molecule has 0 aliphatic carbocycles. The van der Waals surface area contributed by atoms with Crippen LogP contribution in [0.25, 0.3) is 0 Å². The molecule has 2 amide bonds. The normalized spacial score (nSPS) is 18.6. The number of aliphatic hydroxyl groups excluding tert-OH is 1. The first-order chi connectivity index (χ1) is 17.4. The summed E-state index contributed by atoms with van der Waals surface area (Å²) in [7, 11) is 0. The van der Waals surface area contributed by atoms with Crippen LogP contribution in [0, 0.1) is 0 Å². The number of guanidine groups is 1. The Morgan fingerprint density at radius 3 is 2.59 bits per heavy atom. The molecule has 37 heavy (non-hydrogen) atoms. The van der Waals surface area contributed by atoms with Crippen molar-refractivity contribution in [1.82, 2.24) is 15.1 Å². The minimum atomic E-state index is -1.36. The second-order valence-electron chi connectivity index (χ2n) is 10.2. The maximum absolute atomic E-state index is 12.5. The van der Waals surface area contributed by atoms with E-state index in [4.69, 9.17) is 19.2 Å². The van der Waals surface area contributed by atoms with E-state index in [9.17, 15) is 19.5 Å². The van der Waals surface area contributed by atoms with Gasteiger partial charge in [0.05, 0.1) is 12.6 Å².